The Morgan fingerprint density at radius 2 is 2.06 bits per heavy atom. The monoisotopic (exact) mass is 464 g/mol. The first-order valence-electron chi connectivity index (χ1n) is 11.2. The van der Waals surface area contributed by atoms with E-state index in [2.05, 4.69) is 21.4 Å². The van der Waals surface area contributed by atoms with Gasteiger partial charge in [-0.05, 0) is 39.3 Å². The number of carbonyl (C=O) groups excluding carboxylic acids is 1. The molecular weight excluding hydrogens is 436 g/mol. The van der Waals surface area contributed by atoms with Crippen molar-refractivity contribution in [3.63, 3.8) is 0 Å². The highest BCUT2D eigenvalue weighted by Crippen LogP contribution is 2.39. The lowest BCUT2D eigenvalue weighted by Gasteiger charge is -2.36. The van der Waals surface area contributed by atoms with Gasteiger partial charge in [-0.25, -0.2) is 4.98 Å². The van der Waals surface area contributed by atoms with Gasteiger partial charge in [0.05, 0.1) is 22.8 Å². The van der Waals surface area contributed by atoms with Gasteiger partial charge in [0, 0.05) is 48.5 Å². The van der Waals surface area contributed by atoms with Gasteiger partial charge in [0.1, 0.15) is 11.8 Å². The van der Waals surface area contributed by atoms with Crippen LogP contribution >= 0.6 is 11.3 Å². The summed E-state index contributed by atoms with van der Waals surface area (Å²) < 4.78 is 10.0. The van der Waals surface area contributed by atoms with E-state index in [-0.39, 0.29) is 18.6 Å². The van der Waals surface area contributed by atoms with E-state index in [9.17, 15) is 4.79 Å². The van der Waals surface area contributed by atoms with Gasteiger partial charge < -0.3 is 9.64 Å². The smallest absolute Gasteiger partial charge is 0.261 e. The van der Waals surface area contributed by atoms with E-state index in [1.165, 1.54) is 0 Å². The van der Waals surface area contributed by atoms with Crippen molar-refractivity contribution in [1.29, 1.82) is 0 Å². The van der Waals surface area contributed by atoms with E-state index in [1.54, 1.807) is 11.3 Å². The van der Waals surface area contributed by atoms with E-state index in [0.717, 1.165) is 57.5 Å². The summed E-state index contributed by atoms with van der Waals surface area (Å²) in [5, 5.41) is 6.67. The number of hydrogen-bond donors (Lipinski definition) is 0. The minimum atomic E-state index is -0.259. The standard InChI is InChI=1S/C24H28N6O2S/c1-6-17-19(8-7-14(2)25-17)32-13-20(31)29-10-9-18-22(30-11-12-33-24(30)26-18)23(29)21-15(3)27-28(5)16(21)4/h7-8,11-12,23H,6,9-10,13H2,1-5H3. The van der Waals surface area contributed by atoms with E-state index in [1.807, 2.05) is 61.1 Å². The Balaban J connectivity index is 1.52. The molecule has 5 heterocycles. The van der Waals surface area contributed by atoms with Crippen LogP contribution in [0.15, 0.2) is 23.7 Å². The topological polar surface area (TPSA) is 77.6 Å². The molecule has 0 bridgehead atoms. The Morgan fingerprint density at radius 3 is 2.79 bits per heavy atom. The first kappa shape index (κ1) is 21.6. The number of thiazole rings is 1. The summed E-state index contributed by atoms with van der Waals surface area (Å²) in [4.78, 5) is 25.9. The third kappa shape index (κ3) is 3.60. The van der Waals surface area contributed by atoms with Gasteiger partial charge in [-0.15, -0.1) is 11.3 Å². The number of aryl methyl sites for hydroxylation is 4. The average molecular weight is 465 g/mol. The van der Waals surface area contributed by atoms with Gasteiger partial charge in [0.15, 0.2) is 11.6 Å². The Kier molecular flexibility index (Phi) is 5.44. The van der Waals surface area contributed by atoms with Crippen LogP contribution in [0.5, 0.6) is 5.75 Å². The number of ether oxygens (including phenoxy) is 1. The molecular formula is C24H28N6O2S. The second kappa shape index (κ2) is 8.30. The molecule has 8 nitrogen and oxygen atoms in total. The maximum absolute atomic E-state index is 13.6. The number of carbonyl (C=O) groups is 1. The van der Waals surface area contributed by atoms with E-state index in [4.69, 9.17) is 9.72 Å². The summed E-state index contributed by atoms with van der Waals surface area (Å²) in [6.07, 6.45) is 3.51. The Morgan fingerprint density at radius 1 is 1.24 bits per heavy atom. The first-order chi connectivity index (χ1) is 15.9. The van der Waals surface area contributed by atoms with E-state index >= 15 is 0 Å². The second-order valence-corrected chi connectivity index (χ2v) is 9.36. The number of fused-ring (bicyclic) bond motifs is 3. The summed E-state index contributed by atoms with van der Waals surface area (Å²) >= 11 is 1.61. The number of amides is 1. The maximum atomic E-state index is 13.6. The van der Waals surface area contributed by atoms with Crippen molar-refractivity contribution in [3.8, 4) is 5.75 Å². The molecule has 0 aliphatic carbocycles. The van der Waals surface area contributed by atoms with E-state index in [0.29, 0.717) is 12.3 Å². The van der Waals surface area contributed by atoms with Crippen molar-refractivity contribution >= 4 is 22.2 Å². The van der Waals surface area contributed by atoms with Gasteiger partial charge in [0.2, 0.25) is 0 Å². The fourth-order valence-corrected chi connectivity index (χ4v) is 5.52. The fourth-order valence-electron chi connectivity index (χ4n) is 4.78. The maximum Gasteiger partial charge on any atom is 0.261 e. The van der Waals surface area contributed by atoms with Crippen LogP contribution in [0.3, 0.4) is 0 Å². The molecule has 1 unspecified atom stereocenters. The molecule has 9 heteroatoms. The number of pyridine rings is 1. The van der Waals surface area contributed by atoms with Crippen LogP contribution in [0.1, 0.15) is 52.7 Å². The summed E-state index contributed by atoms with van der Waals surface area (Å²) in [7, 11) is 1.94. The zero-order valence-electron chi connectivity index (χ0n) is 19.6. The third-order valence-corrected chi connectivity index (χ3v) is 7.21. The molecule has 4 aromatic heterocycles. The van der Waals surface area contributed by atoms with Crippen LogP contribution in [0.4, 0.5) is 0 Å². The number of aromatic nitrogens is 5. The molecule has 1 aliphatic rings. The first-order valence-corrected chi connectivity index (χ1v) is 12.1. The van der Waals surface area contributed by atoms with Gasteiger partial charge >= 0.3 is 0 Å². The minimum Gasteiger partial charge on any atom is -0.482 e. The number of imidazole rings is 1. The molecule has 1 aliphatic heterocycles. The molecule has 0 aromatic carbocycles. The normalized spacial score (nSPS) is 15.8. The molecule has 0 spiro atoms. The predicted octanol–water partition coefficient (Wildman–Crippen LogP) is 3.57. The van der Waals surface area contributed by atoms with Gasteiger partial charge in [-0.3, -0.25) is 18.9 Å². The Hall–Kier alpha value is -3.20. The van der Waals surface area contributed by atoms with Crippen molar-refractivity contribution in [3.05, 3.63) is 63.4 Å². The Labute approximate surface area is 196 Å². The summed E-state index contributed by atoms with van der Waals surface area (Å²) in [5.74, 6) is 0.616. The molecule has 0 fully saturated rings. The molecule has 0 saturated heterocycles. The minimum absolute atomic E-state index is 0.0342. The average Bonchev–Trinajstić information content (AvgIpc) is 3.45. The van der Waals surface area contributed by atoms with E-state index < -0.39 is 0 Å². The molecule has 172 valence electrons. The molecule has 0 radical (unpaired) electrons. The van der Waals surface area contributed by atoms with Crippen molar-refractivity contribution in [2.75, 3.05) is 13.2 Å². The fraction of sp³-hybridized carbons (Fsp3) is 0.417. The van der Waals surface area contributed by atoms with Gasteiger partial charge in [0.25, 0.3) is 5.91 Å². The lowest BCUT2D eigenvalue weighted by Crippen LogP contribution is -2.43. The zero-order valence-corrected chi connectivity index (χ0v) is 20.4. The molecule has 5 rings (SSSR count). The Bertz CT molecular complexity index is 1350. The van der Waals surface area contributed by atoms with Crippen LogP contribution in [0.25, 0.3) is 4.96 Å². The summed E-state index contributed by atoms with van der Waals surface area (Å²) in [6, 6.07) is 3.56. The largest absolute Gasteiger partial charge is 0.482 e. The lowest BCUT2D eigenvalue weighted by molar-refractivity contribution is -0.135. The molecule has 1 amide bonds. The zero-order chi connectivity index (χ0) is 23.3. The van der Waals surface area contributed by atoms with Crippen LogP contribution in [-0.4, -0.2) is 48.1 Å². The highest BCUT2D eigenvalue weighted by Gasteiger charge is 2.38. The highest BCUT2D eigenvalue weighted by molar-refractivity contribution is 7.15. The lowest BCUT2D eigenvalue weighted by atomic mass is 9.94. The quantitative estimate of drug-likeness (QED) is 0.451. The molecule has 1 atom stereocenters. The van der Waals surface area contributed by atoms with Crippen molar-refractivity contribution in [2.45, 2.75) is 46.6 Å². The van der Waals surface area contributed by atoms with Crippen LogP contribution in [0, 0.1) is 20.8 Å². The molecule has 33 heavy (non-hydrogen) atoms. The predicted molar refractivity (Wildman–Crippen MR) is 127 cm³/mol. The SMILES string of the molecule is CCc1nc(C)ccc1OCC(=O)N1CCc2nc3sccn3c2C1c1c(C)nn(C)c1C. The van der Waals surface area contributed by atoms with Crippen molar-refractivity contribution < 1.29 is 9.53 Å². The summed E-state index contributed by atoms with van der Waals surface area (Å²) in [5.41, 5.74) is 6.95. The number of hydrogen-bond acceptors (Lipinski definition) is 6. The third-order valence-electron chi connectivity index (χ3n) is 6.45. The molecule has 0 saturated carbocycles. The molecule has 0 N–H and O–H groups in total. The molecule has 4 aromatic rings. The number of rotatable bonds is 5. The van der Waals surface area contributed by atoms with Crippen molar-refractivity contribution in [1.82, 2.24) is 29.0 Å². The number of nitrogens with zero attached hydrogens (tertiary/aromatic N) is 6. The van der Waals surface area contributed by atoms with Crippen LogP contribution in [0.2, 0.25) is 0 Å². The van der Waals surface area contributed by atoms with Crippen LogP contribution in [-0.2, 0) is 24.7 Å². The highest BCUT2D eigenvalue weighted by atomic mass is 32.1. The van der Waals surface area contributed by atoms with Crippen molar-refractivity contribution in [2.24, 2.45) is 7.05 Å². The van der Waals surface area contributed by atoms with Crippen LogP contribution < -0.4 is 4.74 Å². The van der Waals surface area contributed by atoms with Gasteiger partial charge in [-0.1, -0.05) is 6.92 Å². The second-order valence-electron chi connectivity index (χ2n) is 8.49. The van der Waals surface area contributed by atoms with Gasteiger partial charge in [-0.2, -0.15) is 5.10 Å². The summed E-state index contributed by atoms with van der Waals surface area (Å²) in [6.45, 7) is 8.61.